The summed E-state index contributed by atoms with van der Waals surface area (Å²) in [6.07, 6.45) is 0.268. The van der Waals surface area contributed by atoms with Crippen molar-refractivity contribution in [2.75, 3.05) is 20.8 Å². The van der Waals surface area contributed by atoms with Crippen molar-refractivity contribution in [3.05, 3.63) is 58.5 Å². The van der Waals surface area contributed by atoms with Crippen LogP contribution >= 0.6 is 0 Å². The molecule has 0 saturated heterocycles. The van der Waals surface area contributed by atoms with E-state index in [1.165, 1.54) is 25.1 Å². The normalized spacial score (nSPS) is 11.7. The van der Waals surface area contributed by atoms with Gasteiger partial charge in [-0.3, -0.25) is 0 Å². The van der Waals surface area contributed by atoms with E-state index in [0.29, 0.717) is 28.1 Å². The van der Waals surface area contributed by atoms with E-state index in [2.05, 4.69) is 15.1 Å². The van der Waals surface area contributed by atoms with Crippen molar-refractivity contribution < 1.29 is 24.1 Å². The largest absolute Gasteiger partial charge is 0.479 e. The minimum atomic E-state index is -1.20. The molecule has 0 aliphatic rings. The Labute approximate surface area is 191 Å². The molecular weight excluding hydrogens is 426 g/mol. The van der Waals surface area contributed by atoms with Gasteiger partial charge in [-0.15, -0.1) is 0 Å². The maximum absolute atomic E-state index is 12.8. The minimum Gasteiger partial charge on any atom is -0.479 e. The lowest BCUT2D eigenvalue weighted by Crippen LogP contribution is -2.12. The molecule has 0 aliphatic heterocycles. The topological polar surface area (TPSA) is 132 Å². The fourth-order valence-electron chi connectivity index (χ4n) is 3.45. The molecule has 2 heterocycles. The summed E-state index contributed by atoms with van der Waals surface area (Å²) in [7, 11) is 2.88. The lowest BCUT2D eigenvalue weighted by molar-refractivity contribution is 0.0513. The van der Waals surface area contributed by atoms with Crippen molar-refractivity contribution >= 4 is 5.97 Å². The summed E-state index contributed by atoms with van der Waals surface area (Å²) in [5.74, 6) is -0.661. The molecule has 33 heavy (non-hydrogen) atoms. The predicted molar refractivity (Wildman–Crippen MR) is 118 cm³/mol. The number of carbonyl (C=O) groups excluding carboxylic acids is 1. The number of carbonyl (C=O) groups is 1. The zero-order valence-corrected chi connectivity index (χ0v) is 19.1. The molecule has 1 N–H and O–H groups in total. The third-order valence-corrected chi connectivity index (χ3v) is 4.92. The molecule has 2 aromatic heterocycles. The number of methoxy groups -OCH3 is 2. The van der Waals surface area contributed by atoms with Gasteiger partial charge < -0.3 is 19.3 Å². The highest BCUT2D eigenvalue weighted by atomic mass is 16.5. The van der Waals surface area contributed by atoms with Gasteiger partial charge >= 0.3 is 12.0 Å². The molecule has 1 aromatic carbocycles. The number of nitriles is 1. The van der Waals surface area contributed by atoms with Gasteiger partial charge in [0.05, 0.1) is 44.3 Å². The van der Waals surface area contributed by atoms with Gasteiger partial charge in [0.15, 0.2) is 5.69 Å². The smallest absolute Gasteiger partial charge is 0.359 e. The van der Waals surface area contributed by atoms with E-state index in [4.69, 9.17) is 19.5 Å². The molecule has 0 bridgehead atoms. The van der Waals surface area contributed by atoms with Gasteiger partial charge in [-0.25, -0.2) is 14.5 Å². The molecule has 1 unspecified atom stereocenters. The molecule has 1 atom stereocenters. The summed E-state index contributed by atoms with van der Waals surface area (Å²) in [6, 6.07) is 8.63. The number of nitrogens with zero attached hydrogens (tertiary/aromatic N) is 5. The molecule has 3 aromatic rings. The van der Waals surface area contributed by atoms with Gasteiger partial charge in [0.1, 0.15) is 11.8 Å². The van der Waals surface area contributed by atoms with Gasteiger partial charge in [-0.05, 0) is 30.5 Å². The van der Waals surface area contributed by atoms with E-state index in [1.807, 2.05) is 19.9 Å². The van der Waals surface area contributed by atoms with E-state index in [0.717, 1.165) is 0 Å². The van der Waals surface area contributed by atoms with Crippen LogP contribution in [0.25, 0.3) is 5.69 Å². The standard InChI is InChI=1S/C23H25N5O5/c1-6-33-22(30)18-17(20(29)15-9-7-14(11-24)8-10-15)19(13(2)3)28(27-18)16-12-25-23(32-5)26-21(16)31-4/h7-10,12-13,20,29H,6H2,1-5H3. The van der Waals surface area contributed by atoms with E-state index >= 15 is 0 Å². The Hall–Kier alpha value is -3.97. The lowest BCUT2D eigenvalue weighted by atomic mass is 9.94. The van der Waals surface area contributed by atoms with Gasteiger partial charge in [-0.1, -0.05) is 26.0 Å². The maximum Gasteiger partial charge on any atom is 0.359 e. The van der Waals surface area contributed by atoms with Crippen LogP contribution in [0.2, 0.25) is 0 Å². The highest BCUT2D eigenvalue weighted by molar-refractivity contribution is 5.90. The first kappa shape index (κ1) is 23.7. The molecule has 0 amide bonds. The van der Waals surface area contributed by atoms with Crippen LogP contribution in [-0.4, -0.2) is 51.7 Å². The van der Waals surface area contributed by atoms with Crippen molar-refractivity contribution in [3.8, 4) is 23.6 Å². The van der Waals surface area contributed by atoms with Crippen molar-refractivity contribution in [3.63, 3.8) is 0 Å². The Balaban J connectivity index is 2.28. The number of aliphatic hydroxyl groups excluding tert-OH is 1. The first-order valence-corrected chi connectivity index (χ1v) is 10.3. The van der Waals surface area contributed by atoms with Crippen molar-refractivity contribution in [1.29, 1.82) is 5.26 Å². The first-order chi connectivity index (χ1) is 15.9. The van der Waals surface area contributed by atoms with Crippen molar-refractivity contribution in [2.24, 2.45) is 0 Å². The number of esters is 1. The second-order valence-corrected chi connectivity index (χ2v) is 7.32. The van der Waals surface area contributed by atoms with E-state index in [9.17, 15) is 9.90 Å². The second kappa shape index (κ2) is 10.1. The number of ether oxygens (including phenoxy) is 3. The zero-order valence-electron chi connectivity index (χ0n) is 19.1. The number of rotatable bonds is 8. The summed E-state index contributed by atoms with van der Waals surface area (Å²) >= 11 is 0. The number of hydrogen-bond acceptors (Lipinski definition) is 9. The molecule has 0 fully saturated rings. The van der Waals surface area contributed by atoms with E-state index < -0.39 is 12.1 Å². The van der Waals surface area contributed by atoms with Gasteiger partial charge in [0.25, 0.3) is 0 Å². The second-order valence-electron chi connectivity index (χ2n) is 7.32. The lowest BCUT2D eigenvalue weighted by Gasteiger charge is -2.18. The molecule has 0 spiro atoms. The molecule has 10 nitrogen and oxygen atoms in total. The Kier molecular flexibility index (Phi) is 7.25. The van der Waals surface area contributed by atoms with Crippen LogP contribution in [0.5, 0.6) is 11.9 Å². The van der Waals surface area contributed by atoms with Crippen LogP contribution in [0.15, 0.2) is 30.5 Å². The molecule has 10 heteroatoms. The Bertz CT molecular complexity index is 1180. The number of aromatic nitrogens is 4. The number of aliphatic hydroxyl groups is 1. The number of benzene rings is 1. The monoisotopic (exact) mass is 451 g/mol. The fourth-order valence-corrected chi connectivity index (χ4v) is 3.45. The average Bonchev–Trinajstić information content (AvgIpc) is 3.24. The van der Waals surface area contributed by atoms with Gasteiger partial charge in [0.2, 0.25) is 5.88 Å². The van der Waals surface area contributed by atoms with Crippen molar-refractivity contribution in [1.82, 2.24) is 19.7 Å². The highest BCUT2D eigenvalue weighted by Gasteiger charge is 2.32. The average molecular weight is 451 g/mol. The molecular formula is C23H25N5O5. The number of hydrogen-bond donors (Lipinski definition) is 1. The third-order valence-electron chi connectivity index (χ3n) is 4.92. The molecule has 3 rings (SSSR count). The quantitative estimate of drug-likeness (QED) is 0.513. The first-order valence-electron chi connectivity index (χ1n) is 10.3. The Morgan fingerprint density at radius 2 is 1.91 bits per heavy atom. The summed E-state index contributed by atoms with van der Waals surface area (Å²) in [6.45, 7) is 5.65. The Morgan fingerprint density at radius 3 is 2.45 bits per heavy atom. The highest BCUT2D eigenvalue weighted by Crippen LogP contribution is 2.36. The summed E-state index contributed by atoms with van der Waals surface area (Å²) in [5.41, 5.74) is 2.14. The Morgan fingerprint density at radius 1 is 1.21 bits per heavy atom. The molecule has 0 aliphatic carbocycles. The zero-order chi connectivity index (χ0) is 24.1. The minimum absolute atomic E-state index is 0.0321. The van der Waals surface area contributed by atoms with Gasteiger partial charge in [-0.2, -0.15) is 15.3 Å². The van der Waals surface area contributed by atoms with Crippen LogP contribution in [0, 0.1) is 11.3 Å². The third kappa shape index (κ3) is 4.63. The molecule has 172 valence electrons. The van der Waals surface area contributed by atoms with Crippen LogP contribution in [-0.2, 0) is 4.74 Å². The van der Waals surface area contributed by atoms with Crippen LogP contribution in [0.4, 0.5) is 0 Å². The molecule has 0 saturated carbocycles. The SMILES string of the molecule is CCOC(=O)c1nn(-c2cnc(OC)nc2OC)c(C(C)C)c1C(O)c1ccc(C#N)cc1. The molecule has 0 radical (unpaired) electrons. The summed E-state index contributed by atoms with van der Waals surface area (Å²) in [4.78, 5) is 21.2. The fraction of sp³-hybridized carbons (Fsp3) is 0.348. The van der Waals surface area contributed by atoms with Crippen LogP contribution in [0.1, 0.15) is 65.7 Å². The summed E-state index contributed by atoms with van der Waals surface area (Å²) < 4.78 is 17.2. The van der Waals surface area contributed by atoms with Crippen LogP contribution in [0.3, 0.4) is 0 Å². The van der Waals surface area contributed by atoms with Crippen LogP contribution < -0.4 is 9.47 Å². The van der Waals surface area contributed by atoms with Crippen molar-refractivity contribution in [2.45, 2.75) is 32.8 Å². The summed E-state index contributed by atoms with van der Waals surface area (Å²) in [5, 5.41) is 24.9. The van der Waals surface area contributed by atoms with E-state index in [-0.39, 0.29) is 30.1 Å². The van der Waals surface area contributed by atoms with E-state index in [1.54, 1.807) is 31.2 Å². The maximum atomic E-state index is 12.8. The predicted octanol–water partition coefficient (Wildman–Crippen LogP) is 2.93. The van der Waals surface area contributed by atoms with Gasteiger partial charge in [0, 0.05) is 5.56 Å².